The number of amides is 1. The Morgan fingerprint density at radius 2 is 2.14 bits per heavy atom. The molecule has 0 spiro atoms. The molecule has 0 aliphatic rings. The van der Waals surface area contributed by atoms with E-state index in [9.17, 15) is 4.79 Å². The van der Waals surface area contributed by atoms with Crippen LogP contribution in [0.1, 0.15) is 4.88 Å². The Balaban J connectivity index is 1.96. The average Bonchev–Trinajstić information content (AvgIpc) is 2.87. The van der Waals surface area contributed by atoms with Crippen LogP contribution in [0.2, 0.25) is 5.02 Å². The Hall–Kier alpha value is -1.14. The van der Waals surface area contributed by atoms with Gasteiger partial charge in [-0.3, -0.25) is 4.79 Å². The maximum atomic E-state index is 12.2. The smallest absolute Gasteiger partial charge is 0.279 e. The molecule has 2 rings (SSSR count). The molecule has 6 heteroatoms. The van der Waals surface area contributed by atoms with Crippen LogP contribution in [0.5, 0.6) is 0 Å². The van der Waals surface area contributed by atoms with Gasteiger partial charge in [-0.05, 0) is 46.3 Å². The van der Waals surface area contributed by atoms with E-state index in [1.165, 1.54) is 4.88 Å². The van der Waals surface area contributed by atoms with Crippen LogP contribution < -0.4 is 10.2 Å². The minimum Gasteiger partial charge on any atom is -0.320 e. The summed E-state index contributed by atoms with van der Waals surface area (Å²) in [6.07, 6.45) is 1.83. The van der Waals surface area contributed by atoms with Gasteiger partial charge in [0.2, 0.25) is 0 Å². The molecule has 116 valence electrons. The van der Waals surface area contributed by atoms with Gasteiger partial charge >= 0.3 is 0 Å². The summed E-state index contributed by atoms with van der Waals surface area (Å²) in [7, 11) is 0. The van der Waals surface area contributed by atoms with Crippen molar-refractivity contribution in [1.82, 2.24) is 0 Å². The molecule has 0 saturated heterocycles. The van der Waals surface area contributed by atoms with Gasteiger partial charge in [0.05, 0.1) is 25.9 Å². The first kappa shape index (κ1) is 17.2. The molecule has 1 heterocycles. The van der Waals surface area contributed by atoms with Crippen LogP contribution in [-0.4, -0.2) is 19.0 Å². The van der Waals surface area contributed by atoms with Crippen molar-refractivity contribution in [3.8, 4) is 0 Å². The Morgan fingerprint density at radius 3 is 2.77 bits per heavy atom. The van der Waals surface area contributed by atoms with Crippen molar-refractivity contribution in [1.29, 1.82) is 0 Å². The fraction of sp³-hybridized carbons (Fsp3) is 0.188. The molecule has 0 bridgehead atoms. The van der Waals surface area contributed by atoms with E-state index in [2.05, 4.69) is 33.9 Å². The van der Waals surface area contributed by atoms with E-state index in [0.29, 0.717) is 17.3 Å². The highest BCUT2D eigenvalue weighted by atomic mass is 79.9. The van der Waals surface area contributed by atoms with Crippen molar-refractivity contribution < 1.29 is 9.69 Å². The monoisotopic (exact) mass is 399 g/mol. The highest BCUT2D eigenvalue weighted by Crippen LogP contribution is 2.21. The molecule has 1 atom stereocenters. The van der Waals surface area contributed by atoms with E-state index in [4.69, 9.17) is 11.6 Å². The number of rotatable bonds is 7. The van der Waals surface area contributed by atoms with Crippen LogP contribution in [0.15, 0.2) is 52.8 Å². The van der Waals surface area contributed by atoms with Crippen LogP contribution in [0.25, 0.3) is 0 Å². The van der Waals surface area contributed by atoms with Crippen LogP contribution in [0, 0.1) is 0 Å². The number of halogens is 2. The lowest BCUT2D eigenvalue weighted by Crippen LogP contribution is -3.11. The van der Waals surface area contributed by atoms with E-state index in [1.54, 1.807) is 23.5 Å². The first-order valence-electron chi connectivity index (χ1n) is 6.81. The molecule has 1 aromatic heterocycles. The molecular formula is C16H17BrClN2OS+. The van der Waals surface area contributed by atoms with Crippen molar-refractivity contribution in [2.75, 3.05) is 18.4 Å². The SMILES string of the molecule is C=CC[NH+](CC(=O)Nc1ccccc1Cl)Cc1ccc(Br)s1. The van der Waals surface area contributed by atoms with Crippen LogP contribution in [0.3, 0.4) is 0 Å². The van der Waals surface area contributed by atoms with Crippen LogP contribution >= 0.6 is 38.9 Å². The minimum atomic E-state index is -0.0550. The summed E-state index contributed by atoms with van der Waals surface area (Å²) in [4.78, 5) is 14.6. The molecular weight excluding hydrogens is 384 g/mol. The van der Waals surface area contributed by atoms with Crippen LogP contribution in [-0.2, 0) is 11.3 Å². The third kappa shape index (κ3) is 5.25. The number of carbonyl (C=O) groups is 1. The van der Waals surface area contributed by atoms with E-state index in [1.807, 2.05) is 24.3 Å². The zero-order valence-electron chi connectivity index (χ0n) is 11.9. The summed E-state index contributed by atoms with van der Waals surface area (Å²) in [6, 6.07) is 11.3. The molecule has 2 N–H and O–H groups in total. The standard InChI is InChI=1S/C16H16BrClN2OS/c1-2-9-20(10-12-7-8-15(17)22-12)11-16(21)19-14-6-4-3-5-13(14)18/h2-8H,1,9-11H2,(H,19,21)/p+1. The van der Waals surface area contributed by atoms with Crippen molar-refractivity contribution in [2.24, 2.45) is 0 Å². The number of hydrogen-bond acceptors (Lipinski definition) is 2. The largest absolute Gasteiger partial charge is 0.320 e. The number of anilines is 1. The van der Waals surface area contributed by atoms with Gasteiger partial charge in [-0.2, -0.15) is 0 Å². The van der Waals surface area contributed by atoms with Gasteiger partial charge in [0.25, 0.3) is 5.91 Å². The number of para-hydroxylation sites is 1. The average molecular weight is 401 g/mol. The summed E-state index contributed by atoms with van der Waals surface area (Å²) in [6.45, 7) is 5.66. The molecule has 1 amide bonds. The minimum absolute atomic E-state index is 0.0550. The number of thiophene rings is 1. The first-order chi connectivity index (χ1) is 10.6. The van der Waals surface area contributed by atoms with Crippen molar-refractivity contribution >= 4 is 50.5 Å². The zero-order valence-corrected chi connectivity index (χ0v) is 15.1. The molecule has 2 aromatic rings. The van der Waals surface area contributed by atoms with Crippen molar-refractivity contribution in [3.05, 3.63) is 62.7 Å². The highest BCUT2D eigenvalue weighted by molar-refractivity contribution is 9.11. The Bertz CT molecular complexity index is 659. The van der Waals surface area contributed by atoms with E-state index in [-0.39, 0.29) is 5.91 Å². The van der Waals surface area contributed by atoms with Crippen molar-refractivity contribution in [2.45, 2.75) is 6.54 Å². The van der Waals surface area contributed by atoms with Crippen molar-refractivity contribution in [3.63, 3.8) is 0 Å². The molecule has 3 nitrogen and oxygen atoms in total. The summed E-state index contributed by atoms with van der Waals surface area (Å²) in [5.41, 5.74) is 0.644. The van der Waals surface area contributed by atoms with Gasteiger partial charge in [0.1, 0.15) is 6.54 Å². The Labute approximate surface area is 147 Å². The third-order valence-corrected chi connectivity index (χ3v) is 5.00. The van der Waals surface area contributed by atoms with Gasteiger partial charge in [-0.25, -0.2) is 0 Å². The van der Waals surface area contributed by atoms with Crippen LogP contribution in [0.4, 0.5) is 5.69 Å². The van der Waals surface area contributed by atoms with E-state index in [0.717, 1.165) is 21.8 Å². The topological polar surface area (TPSA) is 33.5 Å². The summed E-state index contributed by atoms with van der Waals surface area (Å²) >= 11 is 11.2. The van der Waals surface area contributed by atoms with E-state index < -0.39 is 0 Å². The predicted octanol–water partition coefficient (Wildman–Crippen LogP) is 3.37. The quantitative estimate of drug-likeness (QED) is 0.686. The highest BCUT2D eigenvalue weighted by Gasteiger charge is 2.15. The number of nitrogens with one attached hydrogen (secondary N) is 2. The zero-order chi connectivity index (χ0) is 15.9. The number of hydrogen-bond donors (Lipinski definition) is 2. The van der Waals surface area contributed by atoms with Gasteiger partial charge in [-0.1, -0.05) is 30.3 Å². The normalized spacial score (nSPS) is 11.9. The summed E-state index contributed by atoms with van der Waals surface area (Å²) < 4.78 is 1.10. The fourth-order valence-corrected chi connectivity index (χ4v) is 3.83. The Morgan fingerprint density at radius 1 is 1.36 bits per heavy atom. The molecule has 0 radical (unpaired) electrons. The second-order valence-electron chi connectivity index (χ2n) is 4.83. The molecule has 0 aliphatic carbocycles. The van der Waals surface area contributed by atoms with Gasteiger partial charge in [0.15, 0.2) is 6.54 Å². The van der Waals surface area contributed by atoms with E-state index >= 15 is 0 Å². The maximum Gasteiger partial charge on any atom is 0.279 e. The van der Waals surface area contributed by atoms with Gasteiger partial charge in [-0.15, -0.1) is 11.3 Å². The maximum absolute atomic E-state index is 12.2. The molecule has 1 unspecified atom stereocenters. The molecule has 0 fully saturated rings. The molecule has 22 heavy (non-hydrogen) atoms. The molecule has 0 aliphatic heterocycles. The number of benzene rings is 1. The second-order valence-corrected chi connectivity index (χ2v) is 7.78. The second kappa shape index (κ2) is 8.48. The molecule has 1 aromatic carbocycles. The first-order valence-corrected chi connectivity index (χ1v) is 8.80. The lowest BCUT2D eigenvalue weighted by atomic mass is 10.3. The Kier molecular flexibility index (Phi) is 6.64. The summed E-state index contributed by atoms with van der Waals surface area (Å²) in [5.74, 6) is -0.0550. The predicted molar refractivity (Wildman–Crippen MR) is 96.7 cm³/mol. The lowest BCUT2D eigenvalue weighted by molar-refractivity contribution is -0.899. The fourth-order valence-electron chi connectivity index (χ4n) is 2.09. The van der Waals surface area contributed by atoms with Gasteiger partial charge in [0, 0.05) is 0 Å². The summed E-state index contributed by atoms with van der Waals surface area (Å²) in [5, 5.41) is 3.40. The number of quaternary nitrogens is 1. The van der Waals surface area contributed by atoms with Gasteiger partial charge < -0.3 is 10.2 Å². The molecule has 0 saturated carbocycles. The lowest BCUT2D eigenvalue weighted by Gasteiger charge is -2.17. The third-order valence-electron chi connectivity index (χ3n) is 3.04. The number of carbonyl (C=O) groups excluding carboxylic acids is 1.